The maximum atomic E-state index is 14.3. The fraction of sp³-hybridized carbons (Fsp3) is 0.485. The number of aliphatic hydroxyl groups is 1. The van der Waals surface area contributed by atoms with Crippen LogP contribution in [0.3, 0.4) is 0 Å². The van der Waals surface area contributed by atoms with Crippen LogP contribution in [-0.4, -0.2) is 82.0 Å². The van der Waals surface area contributed by atoms with Gasteiger partial charge in [-0.05, 0) is 37.5 Å². The summed E-state index contributed by atoms with van der Waals surface area (Å²) in [5, 5.41) is 18.6. The van der Waals surface area contributed by atoms with Crippen LogP contribution in [-0.2, 0) is 11.2 Å². The summed E-state index contributed by atoms with van der Waals surface area (Å²) >= 11 is 0. The zero-order chi connectivity index (χ0) is 29.8. The molecule has 2 aromatic heterocycles. The van der Waals surface area contributed by atoms with Gasteiger partial charge in [-0.3, -0.25) is 4.79 Å². The molecule has 2 aliphatic rings. The van der Waals surface area contributed by atoms with Crippen molar-refractivity contribution in [3.8, 4) is 11.3 Å². The first kappa shape index (κ1) is 29.3. The summed E-state index contributed by atoms with van der Waals surface area (Å²) in [5.74, 6) is 0.657. The van der Waals surface area contributed by atoms with Crippen molar-refractivity contribution in [2.45, 2.75) is 63.1 Å². The molecule has 3 heterocycles. The lowest BCUT2D eigenvalue weighted by Crippen LogP contribution is -2.54. The number of aryl methyl sites for hydroxylation is 1. The number of aromatic nitrogens is 3. The molecule has 1 saturated carbocycles. The van der Waals surface area contributed by atoms with Crippen LogP contribution in [0.2, 0.25) is 0 Å². The van der Waals surface area contributed by atoms with E-state index >= 15 is 0 Å². The van der Waals surface area contributed by atoms with Crippen molar-refractivity contribution in [1.82, 2.24) is 24.8 Å². The molecule has 1 saturated heterocycles. The van der Waals surface area contributed by atoms with Gasteiger partial charge in [0.2, 0.25) is 0 Å². The molecule has 3 N–H and O–H groups in total. The number of nitrogens with zero attached hydrogens (tertiary/aromatic N) is 4. The normalized spacial score (nSPS) is 22.6. The molecule has 1 amide bonds. The Morgan fingerprint density at radius 2 is 2.09 bits per heavy atom. The number of carbonyl (C=O) groups is 1. The first-order chi connectivity index (χ1) is 21.0. The van der Waals surface area contributed by atoms with E-state index < -0.39 is 5.60 Å². The van der Waals surface area contributed by atoms with Gasteiger partial charge in [0.15, 0.2) is 17.2 Å². The van der Waals surface area contributed by atoms with Gasteiger partial charge in [0.05, 0.1) is 24.7 Å². The van der Waals surface area contributed by atoms with Crippen LogP contribution in [0.15, 0.2) is 59.3 Å². The monoisotopic (exact) mass is 586 g/mol. The summed E-state index contributed by atoms with van der Waals surface area (Å²) in [4.78, 5) is 25.5. The van der Waals surface area contributed by atoms with E-state index in [9.17, 15) is 9.90 Å². The van der Waals surface area contributed by atoms with Crippen molar-refractivity contribution in [2.75, 3.05) is 45.2 Å². The van der Waals surface area contributed by atoms with E-state index in [0.29, 0.717) is 31.7 Å². The number of methoxy groups -OCH3 is 1. The highest BCUT2D eigenvalue weighted by atomic mass is 16.5. The van der Waals surface area contributed by atoms with Gasteiger partial charge in [0, 0.05) is 57.0 Å². The Balaban J connectivity index is 1.23. The first-order valence-electron chi connectivity index (χ1n) is 15.5. The van der Waals surface area contributed by atoms with Gasteiger partial charge in [0.25, 0.3) is 5.91 Å². The first-order valence-corrected chi connectivity index (χ1v) is 15.5. The van der Waals surface area contributed by atoms with E-state index in [0.717, 1.165) is 72.6 Å². The van der Waals surface area contributed by atoms with E-state index in [2.05, 4.69) is 15.6 Å². The molecule has 2 fully saturated rings. The van der Waals surface area contributed by atoms with Crippen molar-refractivity contribution in [2.24, 2.45) is 0 Å². The second kappa shape index (κ2) is 12.9. The van der Waals surface area contributed by atoms with Gasteiger partial charge in [-0.25, -0.2) is 9.97 Å². The van der Waals surface area contributed by atoms with E-state index in [1.807, 2.05) is 64.9 Å². The molecule has 10 nitrogen and oxygen atoms in total. The van der Waals surface area contributed by atoms with Crippen molar-refractivity contribution in [3.05, 3.63) is 66.4 Å². The molecule has 228 valence electrons. The van der Waals surface area contributed by atoms with E-state index in [4.69, 9.17) is 14.1 Å². The van der Waals surface area contributed by atoms with Crippen molar-refractivity contribution in [3.63, 3.8) is 0 Å². The molecule has 1 aliphatic heterocycles. The maximum Gasteiger partial charge on any atom is 0.275 e. The van der Waals surface area contributed by atoms with Gasteiger partial charge in [-0.2, -0.15) is 0 Å². The molecule has 3 atom stereocenters. The minimum absolute atomic E-state index is 0.00473. The average molecular weight is 587 g/mol. The van der Waals surface area contributed by atoms with E-state index in [1.54, 1.807) is 13.4 Å². The minimum atomic E-state index is -1.02. The molecule has 1 aliphatic carbocycles. The van der Waals surface area contributed by atoms with Crippen molar-refractivity contribution < 1.29 is 19.1 Å². The highest BCUT2D eigenvalue weighted by molar-refractivity contribution is 5.98. The summed E-state index contributed by atoms with van der Waals surface area (Å²) in [6.07, 6.45) is 6.67. The Bertz CT molecular complexity index is 1530. The number of amides is 1. The number of imidazole rings is 1. The standard InChI is InChI=1S/C33H42N6O4/c1-3-29-37-26-19-24(12-13-27(26)43-29)35-16-14-25-20-34-17-18-38(25)32(40)30-31(23-9-5-4-6-10-23)39(22-36-30)28-11-7-8-15-33(28,41)21-42-2/h4-6,9-10,12-13,19,22,25,28,34-35,41H,3,7-8,11,14-18,20-21H2,1-2H3/t25-,28-,33?/m1/s1. The molecular formula is C33H42N6O4. The molecule has 6 rings (SSSR count). The topological polar surface area (TPSA) is 118 Å². The van der Waals surface area contributed by atoms with Crippen LogP contribution < -0.4 is 10.6 Å². The largest absolute Gasteiger partial charge is 0.441 e. The highest BCUT2D eigenvalue weighted by Gasteiger charge is 2.42. The Morgan fingerprint density at radius 1 is 1.23 bits per heavy atom. The van der Waals surface area contributed by atoms with Crippen molar-refractivity contribution in [1.29, 1.82) is 0 Å². The molecule has 10 heteroatoms. The molecule has 0 spiro atoms. The van der Waals surface area contributed by atoms with E-state index in [-0.39, 0.29) is 24.6 Å². The van der Waals surface area contributed by atoms with Crippen LogP contribution in [0.25, 0.3) is 22.4 Å². The predicted molar refractivity (Wildman–Crippen MR) is 166 cm³/mol. The fourth-order valence-electron chi connectivity index (χ4n) is 6.70. The number of hydrogen-bond donors (Lipinski definition) is 3. The lowest BCUT2D eigenvalue weighted by atomic mass is 9.80. The maximum absolute atomic E-state index is 14.3. The number of benzene rings is 2. The highest BCUT2D eigenvalue weighted by Crippen LogP contribution is 2.41. The lowest BCUT2D eigenvalue weighted by molar-refractivity contribution is -0.0893. The Labute approximate surface area is 252 Å². The fourth-order valence-corrected chi connectivity index (χ4v) is 6.70. The number of anilines is 1. The smallest absolute Gasteiger partial charge is 0.275 e. The summed E-state index contributed by atoms with van der Waals surface area (Å²) < 4.78 is 13.2. The molecule has 0 bridgehead atoms. The molecule has 43 heavy (non-hydrogen) atoms. The average Bonchev–Trinajstić information content (AvgIpc) is 3.66. The van der Waals surface area contributed by atoms with Gasteiger partial charge in [0.1, 0.15) is 11.1 Å². The van der Waals surface area contributed by atoms with Gasteiger partial charge < -0.3 is 34.4 Å². The second-order valence-electron chi connectivity index (χ2n) is 11.7. The van der Waals surface area contributed by atoms with Gasteiger partial charge in [-0.15, -0.1) is 0 Å². The van der Waals surface area contributed by atoms with Crippen molar-refractivity contribution >= 4 is 22.7 Å². The number of hydrogen-bond acceptors (Lipinski definition) is 8. The number of piperazine rings is 1. The predicted octanol–water partition coefficient (Wildman–Crippen LogP) is 4.66. The second-order valence-corrected chi connectivity index (χ2v) is 11.7. The number of oxazole rings is 1. The minimum Gasteiger partial charge on any atom is -0.441 e. The molecule has 0 radical (unpaired) electrons. The number of fused-ring (bicyclic) bond motifs is 1. The van der Waals surface area contributed by atoms with Crippen LogP contribution in [0.4, 0.5) is 5.69 Å². The van der Waals surface area contributed by atoms with Crippen LogP contribution in [0.1, 0.15) is 61.4 Å². The van der Waals surface area contributed by atoms with Crippen LogP contribution in [0.5, 0.6) is 0 Å². The third kappa shape index (κ3) is 6.04. The third-order valence-electron chi connectivity index (χ3n) is 8.88. The van der Waals surface area contributed by atoms with Crippen LogP contribution >= 0.6 is 0 Å². The molecule has 2 aromatic carbocycles. The Hall–Kier alpha value is -3.73. The third-order valence-corrected chi connectivity index (χ3v) is 8.88. The summed E-state index contributed by atoms with van der Waals surface area (Å²) in [5.41, 5.74) is 3.70. The lowest BCUT2D eigenvalue weighted by Gasteiger charge is -2.41. The zero-order valence-corrected chi connectivity index (χ0v) is 25.1. The number of ether oxygens (including phenoxy) is 1. The number of carbonyl (C=O) groups excluding carboxylic acids is 1. The summed E-state index contributed by atoms with van der Waals surface area (Å²) in [6, 6.07) is 15.7. The zero-order valence-electron chi connectivity index (χ0n) is 25.1. The van der Waals surface area contributed by atoms with Gasteiger partial charge >= 0.3 is 0 Å². The van der Waals surface area contributed by atoms with Gasteiger partial charge in [-0.1, -0.05) is 50.1 Å². The molecule has 4 aromatic rings. The summed E-state index contributed by atoms with van der Waals surface area (Å²) in [7, 11) is 1.62. The number of rotatable bonds is 10. The van der Waals surface area contributed by atoms with E-state index in [1.165, 1.54) is 0 Å². The Morgan fingerprint density at radius 3 is 2.91 bits per heavy atom. The van der Waals surface area contributed by atoms with Crippen LogP contribution in [0, 0.1) is 0 Å². The SMILES string of the molecule is CCc1nc2cc(NCC[C@@H]3CNCCN3C(=O)c3ncn([C@@H]4CCCCC4(O)COC)c3-c3ccccc3)ccc2o1. The Kier molecular flexibility index (Phi) is 8.78. The molecular weight excluding hydrogens is 544 g/mol. The quantitative estimate of drug-likeness (QED) is 0.246. The summed E-state index contributed by atoms with van der Waals surface area (Å²) in [6.45, 7) is 5.02. The molecule has 1 unspecified atom stereocenters. The number of nitrogens with one attached hydrogen (secondary N) is 2.